The van der Waals surface area contributed by atoms with E-state index in [1.54, 1.807) is 12.4 Å². The van der Waals surface area contributed by atoms with Gasteiger partial charge in [-0.15, -0.1) is 0 Å². The lowest BCUT2D eigenvalue weighted by molar-refractivity contribution is 0.959. The van der Waals surface area contributed by atoms with E-state index in [-0.39, 0.29) is 0 Å². The molecule has 1 saturated carbocycles. The third-order valence-corrected chi connectivity index (χ3v) is 4.75. The Morgan fingerprint density at radius 1 is 1.12 bits per heavy atom. The zero-order valence-corrected chi connectivity index (χ0v) is 14.2. The number of aromatic amines is 1. The van der Waals surface area contributed by atoms with Gasteiger partial charge in [0, 0.05) is 30.5 Å². The maximum Gasteiger partial charge on any atom is 0.224 e. The summed E-state index contributed by atoms with van der Waals surface area (Å²) in [4.78, 5) is 20.8. The lowest BCUT2D eigenvalue weighted by Gasteiger charge is -2.08. The second-order valence-electron chi connectivity index (χ2n) is 6.65. The van der Waals surface area contributed by atoms with Gasteiger partial charge in [0.2, 0.25) is 5.95 Å². The van der Waals surface area contributed by atoms with Crippen molar-refractivity contribution in [1.29, 1.82) is 0 Å². The molecule has 3 aromatic rings. The molecular formula is C19H19N7. The molecule has 26 heavy (non-hydrogen) atoms. The van der Waals surface area contributed by atoms with Gasteiger partial charge in [-0.2, -0.15) is 4.98 Å². The fourth-order valence-electron chi connectivity index (χ4n) is 3.21. The average molecular weight is 345 g/mol. The van der Waals surface area contributed by atoms with Crippen molar-refractivity contribution in [2.75, 3.05) is 17.2 Å². The number of fused-ring (bicyclic) bond motifs is 1. The molecule has 0 spiro atoms. The van der Waals surface area contributed by atoms with E-state index in [0.29, 0.717) is 12.5 Å². The summed E-state index contributed by atoms with van der Waals surface area (Å²) in [5, 5.41) is 7.68. The van der Waals surface area contributed by atoms with Crippen LogP contribution in [0.1, 0.15) is 18.4 Å². The average Bonchev–Trinajstić information content (AvgIpc) is 3.21. The molecule has 0 unspecified atom stereocenters. The molecule has 2 aliphatic rings. The zero-order valence-electron chi connectivity index (χ0n) is 14.2. The molecule has 0 atom stereocenters. The summed E-state index contributed by atoms with van der Waals surface area (Å²) in [7, 11) is 0. The van der Waals surface area contributed by atoms with Crippen molar-refractivity contribution in [2.45, 2.75) is 19.4 Å². The van der Waals surface area contributed by atoms with E-state index in [2.05, 4.69) is 41.6 Å². The van der Waals surface area contributed by atoms with Crippen molar-refractivity contribution in [2.24, 2.45) is 10.9 Å². The highest BCUT2D eigenvalue weighted by Gasteiger charge is 2.27. The van der Waals surface area contributed by atoms with Gasteiger partial charge in [-0.05, 0) is 54.2 Å². The lowest BCUT2D eigenvalue weighted by atomic mass is 10.2. The Morgan fingerprint density at radius 3 is 2.96 bits per heavy atom. The van der Waals surface area contributed by atoms with Crippen molar-refractivity contribution in [3.05, 3.63) is 54.0 Å². The molecular weight excluding hydrogens is 326 g/mol. The zero-order chi connectivity index (χ0) is 17.3. The van der Waals surface area contributed by atoms with Gasteiger partial charge >= 0.3 is 0 Å². The van der Waals surface area contributed by atoms with E-state index >= 15 is 0 Å². The highest BCUT2D eigenvalue weighted by Crippen LogP contribution is 2.37. The van der Waals surface area contributed by atoms with E-state index in [0.717, 1.165) is 40.7 Å². The molecule has 7 nitrogen and oxygen atoms in total. The molecule has 0 radical (unpaired) electrons. The Morgan fingerprint density at radius 2 is 2.04 bits per heavy atom. The van der Waals surface area contributed by atoms with E-state index in [4.69, 9.17) is 0 Å². The van der Waals surface area contributed by atoms with Crippen LogP contribution in [0.2, 0.25) is 0 Å². The number of amidine groups is 1. The Bertz CT molecular complexity index is 1010. The molecule has 1 aliphatic carbocycles. The van der Waals surface area contributed by atoms with Gasteiger partial charge in [0.1, 0.15) is 17.3 Å². The first-order valence-corrected chi connectivity index (χ1v) is 8.85. The quantitative estimate of drug-likeness (QED) is 0.661. The summed E-state index contributed by atoms with van der Waals surface area (Å²) < 4.78 is 0. The number of nitrogens with one attached hydrogen (secondary N) is 3. The van der Waals surface area contributed by atoms with Crippen LogP contribution in [0, 0.1) is 5.92 Å². The summed E-state index contributed by atoms with van der Waals surface area (Å²) in [6.45, 7) is 1.45. The Kier molecular flexibility index (Phi) is 3.62. The van der Waals surface area contributed by atoms with Crippen molar-refractivity contribution in [3.8, 4) is 0 Å². The minimum absolute atomic E-state index is 0.584. The van der Waals surface area contributed by atoms with Crippen LogP contribution in [0.3, 0.4) is 0 Å². The molecule has 4 heterocycles. The molecule has 3 aromatic heterocycles. The highest BCUT2D eigenvalue weighted by atomic mass is 15.2. The van der Waals surface area contributed by atoms with Crippen molar-refractivity contribution in [3.63, 3.8) is 0 Å². The van der Waals surface area contributed by atoms with Crippen LogP contribution < -0.4 is 10.6 Å². The molecule has 1 aliphatic heterocycles. The maximum atomic E-state index is 4.55. The standard InChI is InChI=1S/C19H19N7/c1-2-12(1)14-9-17(23-11-14)25-16-5-8-22-19(26-16)24-10-13-3-6-20-18-15(13)4-7-21-18/h3-9,12H,1-2,10-11H2,(H,20,21)(H2,22,23,24,25,26). The normalized spacial score (nSPS) is 16.5. The van der Waals surface area contributed by atoms with E-state index in [1.807, 2.05) is 24.4 Å². The predicted octanol–water partition coefficient (Wildman–Crippen LogP) is 3.13. The van der Waals surface area contributed by atoms with Crippen LogP contribution in [0.5, 0.6) is 0 Å². The van der Waals surface area contributed by atoms with Crippen molar-refractivity contribution in [1.82, 2.24) is 19.9 Å². The molecule has 0 aromatic carbocycles. The van der Waals surface area contributed by atoms with Crippen LogP contribution in [0.4, 0.5) is 11.8 Å². The van der Waals surface area contributed by atoms with Crippen LogP contribution in [0.15, 0.2) is 53.4 Å². The second kappa shape index (κ2) is 6.25. The number of aliphatic imine (C=N–C) groups is 1. The SMILES string of the molecule is C1=C(C2CC2)CN=C1Nc1ccnc(NCc2ccnc3[nH]ccc23)n1. The van der Waals surface area contributed by atoms with Crippen molar-refractivity contribution >= 4 is 28.6 Å². The van der Waals surface area contributed by atoms with Gasteiger partial charge in [0.25, 0.3) is 0 Å². The number of nitrogens with zero attached hydrogens (tertiary/aromatic N) is 4. The Labute approximate surface area is 150 Å². The monoisotopic (exact) mass is 345 g/mol. The third kappa shape index (κ3) is 3.03. The first-order valence-electron chi connectivity index (χ1n) is 8.85. The number of hydrogen-bond donors (Lipinski definition) is 3. The molecule has 0 bridgehead atoms. The van der Waals surface area contributed by atoms with Crippen LogP contribution in [0.25, 0.3) is 11.0 Å². The van der Waals surface area contributed by atoms with Crippen molar-refractivity contribution < 1.29 is 0 Å². The van der Waals surface area contributed by atoms with Crippen LogP contribution >= 0.6 is 0 Å². The summed E-state index contributed by atoms with van der Waals surface area (Å²) in [5.74, 6) is 2.97. The molecule has 0 amide bonds. The van der Waals surface area contributed by atoms with Gasteiger partial charge in [0.15, 0.2) is 0 Å². The van der Waals surface area contributed by atoms with Gasteiger partial charge in [-0.3, -0.25) is 4.99 Å². The van der Waals surface area contributed by atoms with Gasteiger partial charge in [-0.1, -0.05) is 0 Å². The van der Waals surface area contributed by atoms with Gasteiger partial charge < -0.3 is 15.6 Å². The first-order chi connectivity index (χ1) is 12.8. The summed E-state index contributed by atoms with van der Waals surface area (Å²) in [6, 6.07) is 5.89. The summed E-state index contributed by atoms with van der Waals surface area (Å²) >= 11 is 0. The Balaban J connectivity index is 1.27. The van der Waals surface area contributed by atoms with E-state index in [9.17, 15) is 0 Å². The smallest absolute Gasteiger partial charge is 0.224 e. The number of pyridine rings is 1. The first kappa shape index (κ1) is 15.1. The maximum absolute atomic E-state index is 4.55. The largest absolute Gasteiger partial charge is 0.350 e. The highest BCUT2D eigenvalue weighted by molar-refractivity contribution is 6.05. The number of hydrogen-bond acceptors (Lipinski definition) is 6. The lowest BCUT2D eigenvalue weighted by Crippen LogP contribution is -2.10. The minimum Gasteiger partial charge on any atom is -0.350 e. The molecule has 130 valence electrons. The number of aromatic nitrogens is 4. The van der Waals surface area contributed by atoms with Gasteiger partial charge in [-0.25, -0.2) is 9.97 Å². The Hall–Kier alpha value is -3.22. The number of anilines is 2. The molecule has 3 N–H and O–H groups in total. The predicted molar refractivity (Wildman–Crippen MR) is 102 cm³/mol. The summed E-state index contributed by atoms with van der Waals surface area (Å²) in [5.41, 5.74) is 3.47. The van der Waals surface area contributed by atoms with Crippen LogP contribution in [-0.2, 0) is 6.54 Å². The molecule has 0 saturated heterocycles. The fraction of sp³-hybridized carbons (Fsp3) is 0.263. The summed E-state index contributed by atoms with van der Waals surface area (Å²) in [6.07, 6.45) is 10.2. The van der Waals surface area contributed by atoms with E-state index < -0.39 is 0 Å². The van der Waals surface area contributed by atoms with Gasteiger partial charge in [0.05, 0.1) is 6.54 Å². The molecule has 7 heteroatoms. The van der Waals surface area contributed by atoms with Crippen LogP contribution in [-0.4, -0.2) is 32.3 Å². The molecule has 5 rings (SSSR count). The number of rotatable bonds is 5. The fourth-order valence-corrected chi connectivity index (χ4v) is 3.21. The topological polar surface area (TPSA) is 90.9 Å². The van der Waals surface area contributed by atoms with E-state index in [1.165, 1.54) is 18.4 Å². The number of H-pyrrole nitrogens is 1. The third-order valence-electron chi connectivity index (χ3n) is 4.75. The molecule has 1 fully saturated rings. The minimum atomic E-state index is 0.584. The second-order valence-corrected chi connectivity index (χ2v) is 6.65.